The predicted octanol–water partition coefficient (Wildman–Crippen LogP) is 4.44. The Morgan fingerprint density at radius 1 is 1.24 bits per heavy atom. The van der Waals surface area contributed by atoms with E-state index < -0.39 is 11.6 Å². The number of imide groups is 1. The Labute approximate surface area is 251 Å². The van der Waals surface area contributed by atoms with E-state index in [0.717, 1.165) is 53.0 Å². The van der Waals surface area contributed by atoms with Gasteiger partial charge in [-0.1, -0.05) is 12.1 Å². The minimum atomic E-state index is -0.912. The van der Waals surface area contributed by atoms with Crippen LogP contribution in [-0.4, -0.2) is 81.2 Å². The Morgan fingerprint density at radius 2 is 2.02 bits per heavy atom. The highest BCUT2D eigenvalue weighted by molar-refractivity contribution is 9.10. The summed E-state index contributed by atoms with van der Waals surface area (Å²) < 4.78 is 14.3. The molecule has 2 aliphatic rings. The lowest BCUT2D eigenvalue weighted by Crippen LogP contribution is -2.46. The maximum Gasteiger partial charge on any atom is 0.325 e. The fraction of sp³-hybridized carbons (Fsp3) is 0.448. The molecule has 3 amide bonds. The molecule has 2 fully saturated rings. The highest BCUT2D eigenvalue weighted by Gasteiger charge is 2.45. The Bertz CT molecular complexity index is 1420. The zero-order valence-electron chi connectivity index (χ0n) is 23.1. The Balaban J connectivity index is 1.34. The number of urea groups is 1. The summed E-state index contributed by atoms with van der Waals surface area (Å²) in [5, 5.41) is 15.3. The second kappa shape index (κ2) is 12.5. The Hall–Kier alpha value is -2.93. The molecule has 218 valence electrons. The summed E-state index contributed by atoms with van der Waals surface area (Å²) in [6, 6.07) is 8.60. The molecule has 5 rings (SSSR count). The summed E-state index contributed by atoms with van der Waals surface area (Å²) in [7, 11) is 0. The molecule has 4 heterocycles. The van der Waals surface area contributed by atoms with Crippen LogP contribution >= 0.6 is 27.3 Å². The van der Waals surface area contributed by atoms with Crippen molar-refractivity contribution in [3.63, 3.8) is 0 Å². The minimum absolute atomic E-state index is 0.178. The van der Waals surface area contributed by atoms with Crippen molar-refractivity contribution >= 4 is 45.2 Å². The van der Waals surface area contributed by atoms with Gasteiger partial charge in [0, 0.05) is 43.2 Å². The van der Waals surface area contributed by atoms with Crippen molar-refractivity contribution < 1.29 is 19.1 Å². The number of aliphatic hydroxyl groups excluding tert-OH is 1. The van der Waals surface area contributed by atoms with E-state index in [1.807, 2.05) is 12.1 Å². The molecular formula is C29H34BrFN6O3S. The van der Waals surface area contributed by atoms with Gasteiger partial charge in [-0.2, -0.15) is 0 Å². The summed E-state index contributed by atoms with van der Waals surface area (Å²) in [6.45, 7) is 6.15. The normalized spacial score (nSPS) is 18.8. The molecule has 0 spiro atoms. The van der Waals surface area contributed by atoms with Gasteiger partial charge in [0.2, 0.25) is 5.95 Å². The van der Waals surface area contributed by atoms with Gasteiger partial charge in [0.15, 0.2) is 0 Å². The number of benzene rings is 1. The molecule has 0 bridgehead atoms. The van der Waals surface area contributed by atoms with E-state index in [1.165, 1.54) is 27.5 Å². The summed E-state index contributed by atoms with van der Waals surface area (Å²) in [6.07, 6.45) is 5.35. The van der Waals surface area contributed by atoms with Gasteiger partial charge in [-0.15, -0.1) is 11.3 Å². The molecule has 0 radical (unpaired) electrons. The van der Waals surface area contributed by atoms with E-state index in [4.69, 9.17) is 4.98 Å². The van der Waals surface area contributed by atoms with E-state index in [0.29, 0.717) is 25.5 Å². The lowest BCUT2D eigenvalue weighted by molar-refractivity contribution is -0.125. The van der Waals surface area contributed by atoms with Crippen LogP contribution in [0.25, 0.3) is 10.6 Å². The molecule has 12 heteroatoms. The number of halogens is 2. The quantitative estimate of drug-likeness (QED) is 0.265. The lowest BCUT2D eigenvalue weighted by atomic mass is 10.0. The number of carbonyl (C=O) groups is 2. The molecule has 3 N–H and O–H groups in total. The third kappa shape index (κ3) is 6.61. The maximum absolute atomic E-state index is 13.5. The third-order valence-corrected chi connectivity index (χ3v) is 9.61. The SMILES string of the molecule is CC1(C)C(=O)NC(=O)N1CCNc1ncc(Br)c(-c2cc(CCN3CCCC3CO)c(Cc3ccc(F)cc3)s2)n1. The van der Waals surface area contributed by atoms with Gasteiger partial charge in [0.05, 0.1) is 21.7 Å². The maximum atomic E-state index is 13.5. The third-order valence-electron chi connectivity index (χ3n) is 7.84. The van der Waals surface area contributed by atoms with E-state index in [1.54, 1.807) is 31.4 Å². The zero-order chi connectivity index (χ0) is 29.1. The molecule has 1 atom stereocenters. The van der Waals surface area contributed by atoms with Gasteiger partial charge < -0.3 is 15.3 Å². The number of carbonyl (C=O) groups excluding carboxylic acids is 2. The lowest BCUT2D eigenvalue weighted by Gasteiger charge is -2.27. The molecule has 41 heavy (non-hydrogen) atoms. The number of rotatable bonds is 11. The summed E-state index contributed by atoms with van der Waals surface area (Å²) in [4.78, 5) is 39.4. The number of hydrogen-bond donors (Lipinski definition) is 3. The van der Waals surface area contributed by atoms with Crippen molar-refractivity contribution in [1.82, 2.24) is 25.1 Å². The van der Waals surface area contributed by atoms with E-state index in [-0.39, 0.29) is 24.4 Å². The molecule has 0 saturated carbocycles. The smallest absolute Gasteiger partial charge is 0.325 e. The minimum Gasteiger partial charge on any atom is -0.395 e. The van der Waals surface area contributed by atoms with Crippen LogP contribution in [0.3, 0.4) is 0 Å². The van der Waals surface area contributed by atoms with E-state index >= 15 is 0 Å². The Kier molecular flexibility index (Phi) is 9.03. The van der Waals surface area contributed by atoms with Crippen LogP contribution < -0.4 is 10.6 Å². The van der Waals surface area contributed by atoms with Crippen LogP contribution in [0.15, 0.2) is 41.0 Å². The van der Waals surface area contributed by atoms with Gasteiger partial charge >= 0.3 is 6.03 Å². The first kappa shape index (κ1) is 29.6. The molecule has 1 unspecified atom stereocenters. The van der Waals surface area contributed by atoms with Crippen molar-refractivity contribution in [2.75, 3.05) is 38.1 Å². The van der Waals surface area contributed by atoms with E-state index in [9.17, 15) is 19.1 Å². The number of hydrogen-bond acceptors (Lipinski definition) is 8. The number of aliphatic hydroxyl groups is 1. The second-order valence-electron chi connectivity index (χ2n) is 10.9. The van der Waals surface area contributed by atoms with Gasteiger partial charge in [0.1, 0.15) is 11.4 Å². The van der Waals surface area contributed by atoms with Crippen LogP contribution in [0.5, 0.6) is 0 Å². The van der Waals surface area contributed by atoms with Crippen LogP contribution in [0, 0.1) is 5.82 Å². The number of amides is 3. The average Bonchev–Trinajstić information content (AvgIpc) is 3.62. The van der Waals surface area contributed by atoms with Gasteiger partial charge in [-0.3, -0.25) is 15.0 Å². The number of nitrogens with zero attached hydrogens (tertiary/aromatic N) is 4. The van der Waals surface area contributed by atoms with E-state index in [2.05, 4.69) is 42.5 Å². The fourth-order valence-corrected chi connectivity index (χ4v) is 7.16. The first-order chi connectivity index (χ1) is 19.7. The number of anilines is 1. The van der Waals surface area contributed by atoms with Crippen LogP contribution in [0.1, 0.15) is 42.7 Å². The molecule has 2 saturated heterocycles. The topological polar surface area (TPSA) is 111 Å². The molecule has 1 aromatic carbocycles. The molecule has 2 aromatic heterocycles. The first-order valence-corrected chi connectivity index (χ1v) is 15.4. The molecule has 9 nitrogen and oxygen atoms in total. The summed E-state index contributed by atoms with van der Waals surface area (Å²) >= 11 is 5.27. The second-order valence-corrected chi connectivity index (χ2v) is 12.9. The molecule has 0 aliphatic carbocycles. The molecule has 3 aromatic rings. The monoisotopic (exact) mass is 644 g/mol. The van der Waals surface area contributed by atoms with Crippen molar-refractivity contribution in [1.29, 1.82) is 0 Å². The standard InChI is InChI=1S/C29H34BrFN6O3S/c1-29(2)26(39)35-28(40)37(29)13-10-32-27-33-16-22(30)25(34-27)24-15-19(9-12-36-11-3-4-21(36)17-38)23(41-24)14-18-5-7-20(31)8-6-18/h5-8,15-16,21,38H,3-4,9-14,17H2,1-2H3,(H,32,33,34)(H,35,39,40). The van der Waals surface area contributed by atoms with Gasteiger partial charge in [-0.25, -0.2) is 19.2 Å². The highest BCUT2D eigenvalue weighted by Crippen LogP contribution is 2.36. The van der Waals surface area contributed by atoms with Crippen LogP contribution in [-0.2, 0) is 17.6 Å². The summed E-state index contributed by atoms with van der Waals surface area (Å²) in [5.41, 5.74) is 2.09. The van der Waals surface area contributed by atoms with Crippen molar-refractivity contribution in [2.24, 2.45) is 0 Å². The van der Waals surface area contributed by atoms with Crippen molar-refractivity contribution in [2.45, 2.75) is 51.1 Å². The summed E-state index contributed by atoms with van der Waals surface area (Å²) in [5.74, 6) is -0.147. The molecule has 2 aliphatic heterocycles. The van der Waals surface area contributed by atoms with Gasteiger partial charge in [-0.05, 0) is 84.9 Å². The number of nitrogens with one attached hydrogen (secondary N) is 2. The number of likely N-dealkylation sites (tertiary alicyclic amines) is 1. The van der Waals surface area contributed by atoms with Crippen molar-refractivity contribution in [3.8, 4) is 10.6 Å². The number of thiophene rings is 1. The van der Waals surface area contributed by atoms with Crippen LogP contribution in [0.4, 0.5) is 15.1 Å². The molecular weight excluding hydrogens is 611 g/mol. The van der Waals surface area contributed by atoms with Gasteiger partial charge in [0.25, 0.3) is 5.91 Å². The number of aromatic nitrogens is 2. The van der Waals surface area contributed by atoms with Crippen molar-refractivity contribution in [3.05, 3.63) is 62.8 Å². The Morgan fingerprint density at radius 3 is 2.73 bits per heavy atom. The fourth-order valence-electron chi connectivity index (χ4n) is 5.37. The largest absolute Gasteiger partial charge is 0.395 e. The first-order valence-electron chi connectivity index (χ1n) is 13.8. The average molecular weight is 646 g/mol. The zero-order valence-corrected chi connectivity index (χ0v) is 25.5. The predicted molar refractivity (Wildman–Crippen MR) is 160 cm³/mol. The highest BCUT2D eigenvalue weighted by atomic mass is 79.9. The van der Waals surface area contributed by atoms with Crippen LogP contribution in [0.2, 0.25) is 0 Å².